The van der Waals surface area contributed by atoms with Crippen LogP contribution in [0.25, 0.3) is 16.6 Å². The van der Waals surface area contributed by atoms with E-state index < -0.39 is 0 Å². The fourth-order valence-corrected chi connectivity index (χ4v) is 3.08. The van der Waals surface area contributed by atoms with Gasteiger partial charge in [0.1, 0.15) is 5.69 Å². The minimum absolute atomic E-state index is 0.234. The number of fused-ring (bicyclic) bond motifs is 2. The van der Waals surface area contributed by atoms with Crippen LogP contribution in [0.5, 0.6) is 5.75 Å². The topological polar surface area (TPSA) is 68.5 Å². The minimum Gasteiger partial charge on any atom is -0.490 e. The molecule has 0 saturated heterocycles. The lowest BCUT2D eigenvalue weighted by Gasteiger charge is -2.09. The highest BCUT2D eigenvalue weighted by Crippen LogP contribution is 2.25. The Morgan fingerprint density at radius 1 is 1.19 bits per heavy atom. The summed E-state index contributed by atoms with van der Waals surface area (Å²) in [5.74, 6) is 0.422. The van der Waals surface area contributed by atoms with Crippen LogP contribution in [0.1, 0.15) is 23.1 Å². The van der Waals surface area contributed by atoms with Gasteiger partial charge in [0.2, 0.25) is 0 Å². The molecule has 130 valence electrons. The Hall–Kier alpha value is -3.41. The van der Waals surface area contributed by atoms with Gasteiger partial charge in [-0.05, 0) is 38.1 Å². The van der Waals surface area contributed by atoms with E-state index in [0.29, 0.717) is 35.1 Å². The number of aryl methyl sites for hydroxylation is 1. The maximum absolute atomic E-state index is 13.0. The predicted molar refractivity (Wildman–Crippen MR) is 101 cm³/mol. The van der Waals surface area contributed by atoms with Gasteiger partial charge in [-0.3, -0.25) is 14.2 Å². The summed E-state index contributed by atoms with van der Waals surface area (Å²) < 4.78 is 7.38. The number of imidazole rings is 1. The number of nitrogens with zero attached hydrogens (tertiary/aromatic N) is 3. The highest BCUT2D eigenvalue weighted by molar-refractivity contribution is 6.08. The van der Waals surface area contributed by atoms with Crippen LogP contribution in [0, 0.1) is 6.92 Å². The third-order valence-corrected chi connectivity index (χ3v) is 4.18. The second-order valence-corrected chi connectivity index (χ2v) is 5.88. The average molecular weight is 346 g/mol. The van der Waals surface area contributed by atoms with Gasteiger partial charge >= 0.3 is 0 Å². The molecule has 0 saturated carbocycles. The standard InChI is InChI=1S/C20H18N4O2/c1-3-26-16-10-6-12-24-18(13(2)22-19(16)24)20(25)23-15-9-4-7-14-8-5-11-21-17(14)15/h4-12H,3H2,1-2H3,(H,23,25). The first-order valence-corrected chi connectivity index (χ1v) is 8.44. The maximum Gasteiger partial charge on any atom is 0.274 e. The van der Waals surface area contributed by atoms with Crippen molar-refractivity contribution in [3.8, 4) is 5.75 Å². The zero-order chi connectivity index (χ0) is 18.1. The van der Waals surface area contributed by atoms with E-state index >= 15 is 0 Å². The molecule has 6 nitrogen and oxygen atoms in total. The van der Waals surface area contributed by atoms with E-state index in [1.54, 1.807) is 10.6 Å². The Bertz CT molecular complexity index is 1110. The summed E-state index contributed by atoms with van der Waals surface area (Å²) in [6.07, 6.45) is 3.53. The normalized spacial score (nSPS) is 11.0. The quantitative estimate of drug-likeness (QED) is 0.609. The molecule has 4 aromatic rings. The number of benzene rings is 1. The van der Waals surface area contributed by atoms with Crippen molar-refractivity contribution in [1.82, 2.24) is 14.4 Å². The molecule has 6 heteroatoms. The Labute approximate surface area is 150 Å². The molecular formula is C20H18N4O2. The molecule has 0 atom stereocenters. The van der Waals surface area contributed by atoms with Crippen LogP contribution in [-0.2, 0) is 0 Å². The number of aromatic nitrogens is 3. The summed E-state index contributed by atoms with van der Waals surface area (Å²) in [5, 5.41) is 3.94. The van der Waals surface area contributed by atoms with E-state index in [9.17, 15) is 4.79 Å². The van der Waals surface area contributed by atoms with Gasteiger partial charge in [0.05, 0.1) is 23.5 Å². The summed E-state index contributed by atoms with van der Waals surface area (Å²) >= 11 is 0. The zero-order valence-corrected chi connectivity index (χ0v) is 14.6. The zero-order valence-electron chi connectivity index (χ0n) is 14.6. The molecule has 26 heavy (non-hydrogen) atoms. The number of hydrogen-bond acceptors (Lipinski definition) is 4. The number of hydrogen-bond donors (Lipinski definition) is 1. The Morgan fingerprint density at radius 2 is 2.04 bits per heavy atom. The Kier molecular flexibility index (Phi) is 4.01. The summed E-state index contributed by atoms with van der Waals surface area (Å²) in [6, 6.07) is 13.2. The first kappa shape index (κ1) is 16.1. The Morgan fingerprint density at radius 3 is 2.88 bits per heavy atom. The molecule has 0 unspecified atom stereocenters. The number of carbonyl (C=O) groups is 1. The summed E-state index contributed by atoms with van der Waals surface area (Å²) in [5.41, 5.74) is 3.18. The average Bonchev–Trinajstić information content (AvgIpc) is 2.99. The van der Waals surface area contributed by atoms with E-state index in [4.69, 9.17) is 4.74 Å². The number of amides is 1. The molecule has 1 amide bonds. The molecule has 0 radical (unpaired) electrons. The van der Waals surface area contributed by atoms with Gasteiger partial charge in [0.15, 0.2) is 11.4 Å². The molecule has 0 aliphatic heterocycles. The van der Waals surface area contributed by atoms with Crippen LogP contribution < -0.4 is 10.1 Å². The van der Waals surface area contributed by atoms with Gasteiger partial charge in [-0.25, -0.2) is 4.98 Å². The molecule has 1 aromatic carbocycles. The fourth-order valence-electron chi connectivity index (χ4n) is 3.08. The lowest BCUT2D eigenvalue weighted by atomic mass is 10.2. The number of nitrogens with one attached hydrogen (secondary N) is 1. The Balaban J connectivity index is 1.77. The first-order chi connectivity index (χ1) is 12.7. The van der Waals surface area contributed by atoms with E-state index in [1.807, 2.05) is 62.5 Å². The lowest BCUT2D eigenvalue weighted by Crippen LogP contribution is -2.16. The second-order valence-electron chi connectivity index (χ2n) is 5.88. The van der Waals surface area contributed by atoms with E-state index in [-0.39, 0.29) is 5.91 Å². The summed E-state index contributed by atoms with van der Waals surface area (Å²) in [7, 11) is 0. The number of carbonyl (C=O) groups excluding carboxylic acids is 1. The molecule has 0 bridgehead atoms. The van der Waals surface area contributed by atoms with E-state index in [0.717, 1.165) is 10.9 Å². The monoisotopic (exact) mass is 346 g/mol. The lowest BCUT2D eigenvalue weighted by molar-refractivity contribution is 0.102. The minimum atomic E-state index is -0.234. The largest absolute Gasteiger partial charge is 0.490 e. The van der Waals surface area contributed by atoms with Crippen molar-refractivity contribution in [3.05, 3.63) is 66.2 Å². The molecule has 3 heterocycles. The van der Waals surface area contributed by atoms with Gasteiger partial charge in [-0.15, -0.1) is 0 Å². The van der Waals surface area contributed by atoms with Gasteiger partial charge in [-0.2, -0.15) is 0 Å². The van der Waals surface area contributed by atoms with Gasteiger partial charge in [0.25, 0.3) is 5.91 Å². The van der Waals surface area contributed by atoms with E-state index in [1.165, 1.54) is 0 Å². The van der Waals surface area contributed by atoms with Crippen LogP contribution in [0.2, 0.25) is 0 Å². The van der Waals surface area contributed by atoms with Crippen LogP contribution >= 0.6 is 0 Å². The first-order valence-electron chi connectivity index (χ1n) is 8.44. The highest BCUT2D eigenvalue weighted by Gasteiger charge is 2.19. The fraction of sp³-hybridized carbons (Fsp3) is 0.150. The van der Waals surface area contributed by atoms with Crippen molar-refractivity contribution in [2.24, 2.45) is 0 Å². The van der Waals surface area contributed by atoms with Crippen LogP contribution in [0.4, 0.5) is 5.69 Å². The highest BCUT2D eigenvalue weighted by atomic mass is 16.5. The smallest absolute Gasteiger partial charge is 0.274 e. The summed E-state index contributed by atoms with van der Waals surface area (Å²) in [6.45, 7) is 4.27. The van der Waals surface area contributed by atoms with Crippen molar-refractivity contribution >= 4 is 28.1 Å². The van der Waals surface area contributed by atoms with Gasteiger partial charge < -0.3 is 10.1 Å². The molecule has 0 aliphatic rings. The number of pyridine rings is 2. The molecule has 0 spiro atoms. The predicted octanol–water partition coefficient (Wildman–Crippen LogP) is 3.84. The number of ether oxygens (including phenoxy) is 1. The SMILES string of the molecule is CCOc1cccn2c(C(=O)Nc3cccc4cccnc34)c(C)nc12. The van der Waals surface area contributed by atoms with E-state index in [2.05, 4.69) is 15.3 Å². The molecule has 3 aromatic heterocycles. The molecule has 0 fully saturated rings. The van der Waals surface area contributed by atoms with Crippen molar-refractivity contribution in [2.45, 2.75) is 13.8 Å². The molecule has 1 N–H and O–H groups in total. The molecule has 4 rings (SSSR count). The number of rotatable bonds is 4. The molecule has 0 aliphatic carbocycles. The second kappa shape index (κ2) is 6.48. The van der Waals surface area contributed by atoms with Crippen molar-refractivity contribution in [2.75, 3.05) is 11.9 Å². The number of para-hydroxylation sites is 1. The summed E-state index contributed by atoms with van der Waals surface area (Å²) in [4.78, 5) is 21.9. The van der Waals surface area contributed by atoms with Crippen LogP contribution in [0.3, 0.4) is 0 Å². The van der Waals surface area contributed by atoms with Gasteiger partial charge in [0, 0.05) is 17.8 Å². The van der Waals surface area contributed by atoms with Crippen LogP contribution in [-0.4, -0.2) is 26.9 Å². The third kappa shape index (κ3) is 2.65. The van der Waals surface area contributed by atoms with Crippen LogP contribution in [0.15, 0.2) is 54.9 Å². The van der Waals surface area contributed by atoms with Gasteiger partial charge in [-0.1, -0.05) is 18.2 Å². The van der Waals surface area contributed by atoms with Crippen molar-refractivity contribution < 1.29 is 9.53 Å². The third-order valence-electron chi connectivity index (χ3n) is 4.18. The van der Waals surface area contributed by atoms with Crippen molar-refractivity contribution in [3.63, 3.8) is 0 Å². The molecular weight excluding hydrogens is 328 g/mol. The van der Waals surface area contributed by atoms with Crippen molar-refractivity contribution in [1.29, 1.82) is 0 Å². The number of anilines is 1. The maximum atomic E-state index is 13.0.